The number of H-pyrrole nitrogens is 1. The molecule has 0 atom stereocenters. The quantitative estimate of drug-likeness (QED) is 0.771. The van der Waals surface area contributed by atoms with Crippen LogP contribution in [0.3, 0.4) is 0 Å². The van der Waals surface area contributed by atoms with Gasteiger partial charge in [0, 0.05) is 17.4 Å². The molecule has 0 aliphatic heterocycles. The van der Waals surface area contributed by atoms with Gasteiger partial charge in [0.15, 0.2) is 5.82 Å². The smallest absolute Gasteiger partial charge is 0.321 e. The summed E-state index contributed by atoms with van der Waals surface area (Å²) in [5, 5.41) is 8.79. The third-order valence-corrected chi connectivity index (χ3v) is 3.14. The van der Waals surface area contributed by atoms with Gasteiger partial charge in [-0.15, -0.1) is 0 Å². The molecule has 0 spiro atoms. The molecule has 2 aromatic heterocycles. The number of hydrogen-bond donors (Lipinski definition) is 2. The van der Waals surface area contributed by atoms with E-state index < -0.39 is 23.3 Å². The van der Waals surface area contributed by atoms with Gasteiger partial charge in [-0.3, -0.25) is 14.9 Å². The van der Waals surface area contributed by atoms with Gasteiger partial charge in [-0.05, 0) is 24.3 Å². The molecule has 122 valence electrons. The summed E-state index contributed by atoms with van der Waals surface area (Å²) in [7, 11) is 0. The van der Waals surface area contributed by atoms with Crippen molar-refractivity contribution in [1.82, 2.24) is 20.2 Å². The van der Waals surface area contributed by atoms with Crippen molar-refractivity contribution in [3.8, 4) is 11.4 Å². The van der Waals surface area contributed by atoms with Crippen LogP contribution in [0.15, 0.2) is 48.9 Å². The molecule has 3 aromatic rings. The molecule has 0 radical (unpaired) electrons. The van der Waals surface area contributed by atoms with Crippen LogP contribution in [-0.2, 0) is 6.18 Å². The summed E-state index contributed by atoms with van der Waals surface area (Å²) < 4.78 is 38.9. The summed E-state index contributed by atoms with van der Waals surface area (Å²) in [5.41, 5.74) is -0.834. The first-order valence-electron chi connectivity index (χ1n) is 6.74. The van der Waals surface area contributed by atoms with Crippen molar-refractivity contribution in [2.45, 2.75) is 6.18 Å². The second kappa shape index (κ2) is 6.11. The lowest BCUT2D eigenvalue weighted by Gasteiger charge is -2.12. The van der Waals surface area contributed by atoms with Gasteiger partial charge in [-0.2, -0.15) is 18.3 Å². The zero-order valence-electron chi connectivity index (χ0n) is 12.0. The Hall–Kier alpha value is -3.23. The van der Waals surface area contributed by atoms with Gasteiger partial charge < -0.3 is 5.32 Å². The normalized spacial score (nSPS) is 11.3. The highest BCUT2D eigenvalue weighted by Gasteiger charge is 2.35. The molecular formula is C15H10F3N5O. The van der Waals surface area contributed by atoms with E-state index in [1.165, 1.54) is 6.33 Å². The molecule has 0 saturated carbocycles. The van der Waals surface area contributed by atoms with Crippen molar-refractivity contribution >= 4 is 11.6 Å². The van der Waals surface area contributed by atoms with Gasteiger partial charge in [0.25, 0.3) is 5.91 Å². The Morgan fingerprint density at radius 2 is 1.96 bits per heavy atom. The lowest BCUT2D eigenvalue weighted by molar-refractivity contribution is -0.138. The SMILES string of the molecule is O=C(Nc1cccc(-c2ncn[nH]2)c1)c1ncccc1C(F)(F)F. The molecule has 0 fully saturated rings. The lowest BCUT2D eigenvalue weighted by Crippen LogP contribution is -2.20. The monoisotopic (exact) mass is 333 g/mol. The Labute approximate surface area is 133 Å². The minimum atomic E-state index is -4.66. The summed E-state index contributed by atoms with van der Waals surface area (Å²) in [6, 6.07) is 8.41. The second-order valence-electron chi connectivity index (χ2n) is 4.77. The highest BCUT2D eigenvalue weighted by Crippen LogP contribution is 2.31. The average molecular weight is 333 g/mol. The zero-order valence-corrected chi connectivity index (χ0v) is 12.0. The lowest BCUT2D eigenvalue weighted by atomic mass is 10.1. The predicted molar refractivity (Wildman–Crippen MR) is 79.0 cm³/mol. The number of nitrogens with zero attached hydrogens (tertiary/aromatic N) is 3. The molecule has 2 heterocycles. The maximum atomic E-state index is 13.0. The van der Waals surface area contributed by atoms with E-state index in [1.54, 1.807) is 24.3 Å². The van der Waals surface area contributed by atoms with E-state index in [9.17, 15) is 18.0 Å². The van der Waals surface area contributed by atoms with Crippen LogP contribution < -0.4 is 5.32 Å². The number of carbonyl (C=O) groups is 1. The number of alkyl halides is 3. The van der Waals surface area contributed by atoms with Gasteiger partial charge in [-0.1, -0.05) is 12.1 Å². The molecular weight excluding hydrogens is 323 g/mol. The first-order chi connectivity index (χ1) is 11.4. The van der Waals surface area contributed by atoms with Crippen molar-refractivity contribution in [2.24, 2.45) is 0 Å². The summed E-state index contributed by atoms with van der Waals surface area (Å²) in [5.74, 6) is -0.474. The Morgan fingerprint density at radius 1 is 1.12 bits per heavy atom. The van der Waals surface area contributed by atoms with E-state index in [4.69, 9.17) is 0 Å². The number of halogens is 3. The van der Waals surface area contributed by atoms with E-state index in [0.29, 0.717) is 17.1 Å². The summed E-state index contributed by atoms with van der Waals surface area (Å²) in [6.45, 7) is 0. The van der Waals surface area contributed by atoms with Crippen molar-refractivity contribution < 1.29 is 18.0 Å². The van der Waals surface area contributed by atoms with Crippen molar-refractivity contribution in [3.63, 3.8) is 0 Å². The summed E-state index contributed by atoms with van der Waals surface area (Å²) in [4.78, 5) is 19.7. The molecule has 6 nitrogen and oxygen atoms in total. The van der Waals surface area contributed by atoms with Crippen LogP contribution in [0, 0.1) is 0 Å². The highest BCUT2D eigenvalue weighted by molar-refractivity contribution is 6.04. The van der Waals surface area contributed by atoms with Gasteiger partial charge in [0.1, 0.15) is 12.0 Å². The van der Waals surface area contributed by atoms with Crippen molar-refractivity contribution in [2.75, 3.05) is 5.32 Å². The maximum absolute atomic E-state index is 13.0. The third-order valence-electron chi connectivity index (χ3n) is 3.14. The second-order valence-corrected chi connectivity index (χ2v) is 4.77. The number of aromatic amines is 1. The largest absolute Gasteiger partial charge is 0.418 e. The Kier molecular flexibility index (Phi) is 3.98. The standard InChI is InChI=1S/C15H10F3N5O/c16-15(17,18)11-5-2-6-19-12(11)14(24)22-10-4-1-3-9(7-10)13-20-8-21-23-13/h1-8H,(H,22,24)(H,20,21,23). The highest BCUT2D eigenvalue weighted by atomic mass is 19.4. The van der Waals surface area contributed by atoms with Gasteiger partial charge in [-0.25, -0.2) is 4.98 Å². The number of anilines is 1. The maximum Gasteiger partial charge on any atom is 0.418 e. The number of rotatable bonds is 3. The Bertz CT molecular complexity index is 862. The molecule has 1 aromatic carbocycles. The van der Waals surface area contributed by atoms with Crippen LogP contribution in [-0.4, -0.2) is 26.1 Å². The van der Waals surface area contributed by atoms with Crippen molar-refractivity contribution in [1.29, 1.82) is 0 Å². The van der Waals surface area contributed by atoms with Crippen LogP contribution >= 0.6 is 0 Å². The van der Waals surface area contributed by atoms with Crippen LogP contribution in [0.25, 0.3) is 11.4 Å². The number of amides is 1. The zero-order chi connectivity index (χ0) is 17.2. The van der Waals surface area contributed by atoms with E-state index >= 15 is 0 Å². The molecule has 0 unspecified atom stereocenters. The molecule has 0 bridgehead atoms. The number of hydrogen-bond acceptors (Lipinski definition) is 4. The Balaban J connectivity index is 1.88. The molecule has 3 rings (SSSR count). The van der Waals surface area contributed by atoms with Crippen LogP contribution in [0.2, 0.25) is 0 Å². The minimum absolute atomic E-state index is 0.313. The number of carbonyl (C=O) groups excluding carboxylic acids is 1. The van der Waals surface area contributed by atoms with Gasteiger partial charge >= 0.3 is 6.18 Å². The molecule has 0 aliphatic rings. The minimum Gasteiger partial charge on any atom is -0.321 e. The molecule has 24 heavy (non-hydrogen) atoms. The molecule has 2 N–H and O–H groups in total. The molecule has 1 amide bonds. The molecule has 0 aliphatic carbocycles. The van der Waals surface area contributed by atoms with Crippen LogP contribution in [0.4, 0.5) is 18.9 Å². The van der Waals surface area contributed by atoms with Gasteiger partial charge in [0.2, 0.25) is 0 Å². The van der Waals surface area contributed by atoms with E-state index in [2.05, 4.69) is 25.5 Å². The number of benzene rings is 1. The number of pyridine rings is 1. The molecule has 0 saturated heterocycles. The molecule has 9 heteroatoms. The fraction of sp³-hybridized carbons (Fsp3) is 0.0667. The Morgan fingerprint density at radius 3 is 2.67 bits per heavy atom. The van der Waals surface area contributed by atoms with Gasteiger partial charge in [0.05, 0.1) is 5.56 Å². The van der Waals surface area contributed by atoms with Crippen LogP contribution in [0.5, 0.6) is 0 Å². The first-order valence-corrected chi connectivity index (χ1v) is 6.74. The third kappa shape index (κ3) is 3.24. The van der Waals surface area contributed by atoms with E-state index in [-0.39, 0.29) is 0 Å². The predicted octanol–water partition coefficient (Wildman–Crippen LogP) is 3.14. The number of nitrogens with one attached hydrogen (secondary N) is 2. The van der Waals surface area contributed by atoms with Crippen molar-refractivity contribution in [3.05, 3.63) is 60.2 Å². The van der Waals surface area contributed by atoms with E-state index in [1.807, 2.05) is 0 Å². The fourth-order valence-corrected chi connectivity index (χ4v) is 2.09. The summed E-state index contributed by atoms with van der Waals surface area (Å²) in [6.07, 6.45) is -2.21. The van der Waals surface area contributed by atoms with E-state index in [0.717, 1.165) is 18.3 Å². The summed E-state index contributed by atoms with van der Waals surface area (Å²) >= 11 is 0. The average Bonchev–Trinajstić information content (AvgIpc) is 3.09. The van der Waals surface area contributed by atoms with Crippen LogP contribution in [0.1, 0.15) is 16.1 Å². The fourth-order valence-electron chi connectivity index (χ4n) is 2.09. The topological polar surface area (TPSA) is 83.6 Å². The number of aromatic nitrogens is 4. The first kappa shape index (κ1) is 15.7.